The molecule has 5 nitrogen and oxygen atoms in total. The maximum absolute atomic E-state index is 12.4. The van der Waals surface area contributed by atoms with Crippen LogP contribution < -0.4 is 0 Å². The van der Waals surface area contributed by atoms with Crippen molar-refractivity contribution in [1.82, 2.24) is 9.80 Å². The highest BCUT2D eigenvalue weighted by molar-refractivity contribution is 6.30. The minimum atomic E-state index is -0.785. The molecule has 120 valence electrons. The van der Waals surface area contributed by atoms with E-state index in [2.05, 4.69) is 4.90 Å². The minimum Gasteiger partial charge on any atom is -0.481 e. The van der Waals surface area contributed by atoms with E-state index in [1.54, 1.807) is 6.07 Å². The number of benzene rings is 1. The minimum absolute atomic E-state index is 0.0904. The van der Waals surface area contributed by atoms with Crippen molar-refractivity contribution in [3.63, 3.8) is 0 Å². The van der Waals surface area contributed by atoms with Gasteiger partial charge in [-0.2, -0.15) is 0 Å². The fraction of sp³-hybridized carbons (Fsp3) is 0.500. The van der Waals surface area contributed by atoms with Crippen LogP contribution in [-0.4, -0.2) is 59.0 Å². The van der Waals surface area contributed by atoms with Crippen LogP contribution in [0.15, 0.2) is 24.3 Å². The SMILES string of the molecule is CC1CN(CCC(=O)O)CCN1C(=O)Cc1cccc(Cl)c1. The zero-order chi connectivity index (χ0) is 16.1. The van der Waals surface area contributed by atoms with Gasteiger partial charge in [-0.25, -0.2) is 0 Å². The summed E-state index contributed by atoms with van der Waals surface area (Å²) in [6.45, 7) is 4.62. The van der Waals surface area contributed by atoms with Crippen molar-refractivity contribution in [2.75, 3.05) is 26.2 Å². The molecule has 1 saturated heterocycles. The highest BCUT2D eigenvalue weighted by atomic mass is 35.5. The molecule has 1 N–H and O–H groups in total. The van der Waals surface area contributed by atoms with Crippen LogP contribution in [0, 0.1) is 0 Å². The molecule has 0 saturated carbocycles. The van der Waals surface area contributed by atoms with Crippen LogP contribution in [0.3, 0.4) is 0 Å². The Morgan fingerprint density at radius 1 is 1.36 bits per heavy atom. The van der Waals surface area contributed by atoms with E-state index in [4.69, 9.17) is 16.7 Å². The highest BCUT2D eigenvalue weighted by Gasteiger charge is 2.27. The summed E-state index contributed by atoms with van der Waals surface area (Å²) in [5.74, 6) is -0.695. The van der Waals surface area contributed by atoms with Gasteiger partial charge in [0.1, 0.15) is 0 Å². The van der Waals surface area contributed by atoms with Gasteiger partial charge < -0.3 is 10.0 Å². The van der Waals surface area contributed by atoms with Crippen molar-refractivity contribution in [3.8, 4) is 0 Å². The summed E-state index contributed by atoms with van der Waals surface area (Å²) in [4.78, 5) is 27.0. The smallest absolute Gasteiger partial charge is 0.304 e. The molecule has 0 aliphatic carbocycles. The quantitative estimate of drug-likeness (QED) is 0.898. The van der Waals surface area contributed by atoms with E-state index in [9.17, 15) is 9.59 Å². The lowest BCUT2D eigenvalue weighted by atomic mass is 10.1. The number of hydrogen-bond acceptors (Lipinski definition) is 3. The van der Waals surface area contributed by atoms with Gasteiger partial charge >= 0.3 is 5.97 Å². The number of carboxylic acid groups (broad SMARTS) is 1. The van der Waals surface area contributed by atoms with E-state index in [1.165, 1.54) is 0 Å². The standard InChI is InChI=1S/C16H21ClN2O3/c1-12-11-18(6-5-16(21)22)7-8-19(12)15(20)10-13-3-2-4-14(17)9-13/h2-4,9,12H,5-8,10-11H2,1H3,(H,21,22). The van der Waals surface area contributed by atoms with Crippen molar-refractivity contribution in [1.29, 1.82) is 0 Å². The number of aliphatic carboxylic acids is 1. The lowest BCUT2D eigenvalue weighted by Gasteiger charge is -2.39. The van der Waals surface area contributed by atoms with E-state index >= 15 is 0 Å². The first-order chi connectivity index (χ1) is 10.5. The van der Waals surface area contributed by atoms with E-state index in [1.807, 2.05) is 30.0 Å². The Hall–Kier alpha value is -1.59. The van der Waals surface area contributed by atoms with Crippen molar-refractivity contribution >= 4 is 23.5 Å². The Balaban J connectivity index is 1.88. The van der Waals surface area contributed by atoms with Gasteiger partial charge in [-0.1, -0.05) is 23.7 Å². The first-order valence-electron chi connectivity index (χ1n) is 7.44. The van der Waals surface area contributed by atoms with Crippen LogP contribution in [0.2, 0.25) is 5.02 Å². The molecule has 1 fully saturated rings. The molecule has 6 heteroatoms. The maximum Gasteiger partial charge on any atom is 0.304 e. The summed E-state index contributed by atoms with van der Waals surface area (Å²) in [5.41, 5.74) is 0.915. The molecule has 2 rings (SSSR count). The zero-order valence-corrected chi connectivity index (χ0v) is 13.4. The number of hydrogen-bond donors (Lipinski definition) is 1. The summed E-state index contributed by atoms with van der Waals surface area (Å²) in [7, 11) is 0. The van der Waals surface area contributed by atoms with Crippen LogP contribution in [0.25, 0.3) is 0 Å². The first-order valence-corrected chi connectivity index (χ1v) is 7.81. The van der Waals surface area contributed by atoms with Crippen molar-refractivity contribution < 1.29 is 14.7 Å². The molecular weight excluding hydrogens is 304 g/mol. The molecule has 0 aromatic heterocycles. The topological polar surface area (TPSA) is 60.9 Å². The van der Waals surface area contributed by atoms with Crippen molar-refractivity contribution in [2.45, 2.75) is 25.8 Å². The number of amides is 1. The number of halogens is 1. The van der Waals surface area contributed by atoms with Crippen LogP contribution in [-0.2, 0) is 16.0 Å². The lowest BCUT2D eigenvalue weighted by molar-refractivity contribution is -0.139. The second-order valence-corrected chi connectivity index (χ2v) is 6.12. The molecule has 0 radical (unpaired) electrons. The van der Waals surface area contributed by atoms with Crippen molar-refractivity contribution in [3.05, 3.63) is 34.9 Å². The third-order valence-electron chi connectivity index (χ3n) is 3.92. The Bertz CT molecular complexity index is 550. The molecule has 0 spiro atoms. The molecular formula is C16H21ClN2O3. The highest BCUT2D eigenvalue weighted by Crippen LogP contribution is 2.15. The Morgan fingerprint density at radius 3 is 2.77 bits per heavy atom. The Morgan fingerprint density at radius 2 is 2.14 bits per heavy atom. The molecule has 1 unspecified atom stereocenters. The summed E-state index contributed by atoms with van der Waals surface area (Å²) in [6.07, 6.45) is 0.489. The average Bonchev–Trinajstić information content (AvgIpc) is 2.45. The molecule has 1 amide bonds. The van der Waals surface area contributed by atoms with Gasteiger partial charge in [0, 0.05) is 37.2 Å². The van der Waals surface area contributed by atoms with Gasteiger partial charge in [0.25, 0.3) is 0 Å². The number of piperazine rings is 1. The van der Waals surface area contributed by atoms with Crippen LogP contribution in [0.5, 0.6) is 0 Å². The second-order valence-electron chi connectivity index (χ2n) is 5.69. The lowest BCUT2D eigenvalue weighted by Crippen LogP contribution is -2.54. The molecule has 0 bridgehead atoms. The van der Waals surface area contributed by atoms with Crippen LogP contribution in [0.4, 0.5) is 0 Å². The van der Waals surface area contributed by atoms with Crippen LogP contribution >= 0.6 is 11.6 Å². The second kappa shape index (κ2) is 7.61. The van der Waals surface area contributed by atoms with Crippen LogP contribution in [0.1, 0.15) is 18.9 Å². The van der Waals surface area contributed by atoms with Crippen molar-refractivity contribution in [2.24, 2.45) is 0 Å². The molecule has 1 heterocycles. The van der Waals surface area contributed by atoms with Gasteiger partial charge in [0.2, 0.25) is 5.91 Å². The molecule has 1 atom stereocenters. The number of carbonyl (C=O) groups is 2. The zero-order valence-electron chi connectivity index (χ0n) is 12.7. The van der Waals surface area contributed by atoms with E-state index < -0.39 is 5.97 Å². The third-order valence-corrected chi connectivity index (χ3v) is 4.15. The maximum atomic E-state index is 12.4. The summed E-state index contributed by atoms with van der Waals surface area (Å²) < 4.78 is 0. The molecule has 1 aliphatic rings. The van der Waals surface area contributed by atoms with E-state index in [0.29, 0.717) is 31.1 Å². The first kappa shape index (κ1) is 16.8. The third kappa shape index (κ3) is 4.71. The Labute approximate surface area is 135 Å². The summed E-state index contributed by atoms with van der Waals surface area (Å²) in [6, 6.07) is 7.44. The van der Waals surface area contributed by atoms with E-state index in [0.717, 1.165) is 12.1 Å². The van der Waals surface area contributed by atoms with Gasteiger partial charge in [-0.15, -0.1) is 0 Å². The van der Waals surface area contributed by atoms with Gasteiger partial charge in [-0.3, -0.25) is 14.5 Å². The fourth-order valence-corrected chi connectivity index (χ4v) is 3.00. The van der Waals surface area contributed by atoms with Gasteiger partial charge in [0.15, 0.2) is 0 Å². The number of rotatable bonds is 5. The normalized spacial score (nSPS) is 19.2. The van der Waals surface area contributed by atoms with Gasteiger partial charge in [-0.05, 0) is 24.6 Å². The Kier molecular flexibility index (Phi) is 5.80. The summed E-state index contributed by atoms with van der Waals surface area (Å²) >= 11 is 5.94. The number of carbonyl (C=O) groups excluding carboxylic acids is 1. The predicted molar refractivity (Wildman–Crippen MR) is 85.0 cm³/mol. The number of carboxylic acids is 1. The van der Waals surface area contributed by atoms with Gasteiger partial charge in [0.05, 0.1) is 12.8 Å². The molecule has 22 heavy (non-hydrogen) atoms. The molecule has 1 aromatic rings. The molecule has 1 aromatic carbocycles. The monoisotopic (exact) mass is 324 g/mol. The van der Waals surface area contributed by atoms with E-state index in [-0.39, 0.29) is 18.4 Å². The average molecular weight is 325 g/mol. The summed E-state index contributed by atoms with van der Waals surface area (Å²) in [5, 5.41) is 9.37. The fourth-order valence-electron chi connectivity index (χ4n) is 2.78. The molecule has 1 aliphatic heterocycles. The number of nitrogens with zero attached hydrogens (tertiary/aromatic N) is 2. The largest absolute Gasteiger partial charge is 0.481 e. The predicted octanol–water partition coefficient (Wildman–Crippen LogP) is 1.89.